The van der Waals surface area contributed by atoms with Crippen LogP contribution in [0.1, 0.15) is 24.0 Å². The number of rotatable bonds is 9. The predicted molar refractivity (Wildman–Crippen MR) is 122 cm³/mol. The number of hydrogen-bond acceptors (Lipinski definition) is 5. The molecule has 1 aliphatic carbocycles. The third-order valence-electron chi connectivity index (χ3n) is 5.26. The zero-order chi connectivity index (χ0) is 20.2. The summed E-state index contributed by atoms with van der Waals surface area (Å²) in [6.45, 7) is 2.12. The summed E-state index contributed by atoms with van der Waals surface area (Å²) in [5.41, 5.74) is 2.36. The van der Waals surface area contributed by atoms with Gasteiger partial charge in [-0.3, -0.25) is 0 Å². The van der Waals surface area contributed by atoms with E-state index in [0.717, 1.165) is 52.0 Å². The number of nitrogens with zero attached hydrogens (tertiary/aromatic N) is 1. The molecule has 0 amide bonds. The van der Waals surface area contributed by atoms with Crippen LogP contribution in [0.15, 0.2) is 72.8 Å². The van der Waals surface area contributed by atoms with E-state index in [2.05, 4.69) is 46.1 Å². The first-order valence-corrected chi connectivity index (χ1v) is 11.1. The van der Waals surface area contributed by atoms with Crippen molar-refractivity contribution >= 4 is 27.4 Å². The van der Waals surface area contributed by atoms with Crippen LogP contribution in [0.2, 0.25) is 0 Å². The summed E-state index contributed by atoms with van der Waals surface area (Å²) < 4.78 is 17.5. The Kier molecular flexibility index (Phi) is 5.53. The molecule has 152 valence electrons. The van der Waals surface area contributed by atoms with Gasteiger partial charge in [0.2, 0.25) is 0 Å². The molecule has 5 rings (SSSR count). The molecule has 30 heavy (non-hydrogen) atoms. The number of hydrogen-bond donors (Lipinski definition) is 1. The van der Waals surface area contributed by atoms with Gasteiger partial charge in [0, 0.05) is 11.9 Å². The Bertz CT molecular complexity index is 1110. The van der Waals surface area contributed by atoms with Gasteiger partial charge in [0.1, 0.15) is 23.9 Å². The topological polar surface area (TPSA) is 43.4 Å². The molecular formula is C25H24N2O2S. The number of ether oxygens (including phenoxy) is 2. The summed E-state index contributed by atoms with van der Waals surface area (Å²) in [5, 5.41) is 4.56. The van der Waals surface area contributed by atoms with Gasteiger partial charge in [-0.25, -0.2) is 0 Å². The highest BCUT2D eigenvalue weighted by Crippen LogP contribution is 2.31. The summed E-state index contributed by atoms with van der Waals surface area (Å²) in [4.78, 5) is 0. The molecule has 1 aromatic heterocycles. The first kappa shape index (κ1) is 18.9. The second-order valence-corrected chi connectivity index (χ2v) is 8.52. The quantitative estimate of drug-likeness (QED) is 0.349. The summed E-state index contributed by atoms with van der Waals surface area (Å²) >= 11 is 1.50. The minimum Gasteiger partial charge on any atom is -0.493 e. The molecule has 1 saturated carbocycles. The average molecular weight is 417 g/mol. The third-order valence-corrected chi connectivity index (χ3v) is 6.08. The van der Waals surface area contributed by atoms with Crippen molar-refractivity contribution in [2.24, 2.45) is 5.92 Å². The lowest BCUT2D eigenvalue weighted by atomic mass is 10.2. The summed E-state index contributed by atoms with van der Waals surface area (Å²) in [7, 11) is 0. The number of fused-ring (bicyclic) bond motifs is 1. The first-order valence-electron chi connectivity index (χ1n) is 10.4. The molecule has 4 nitrogen and oxygen atoms in total. The van der Waals surface area contributed by atoms with E-state index >= 15 is 0 Å². The van der Waals surface area contributed by atoms with Crippen LogP contribution in [0.3, 0.4) is 0 Å². The van der Waals surface area contributed by atoms with E-state index in [4.69, 9.17) is 9.47 Å². The molecule has 0 radical (unpaired) electrons. The number of nitrogens with one attached hydrogen (secondary N) is 1. The minimum absolute atomic E-state index is 0.557. The van der Waals surface area contributed by atoms with E-state index < -0.39 is 0 Å². The molecule has 0 aliphatic heterocycles. The highest BCUT2D eigenvalue weighted by Gasteiger charge is 2.21. The molecule has 4 aromatic rings. The zero-order valence-electron chi connectivity index (χ0n) is 16.7. The van der Waals surface area contributed by atoms with Crippen LogP contribution < -0.4 is 14.8 Å². The van der Waals surface area contributed by atoms with Gasteiger partial charge in [-0.05, 0) is 71.8 Å². The van der Waals surface area contributed by atoms with Crippen molar-refractivity contribution in [3.63, 3.8) is 0 Å². The van der Waals surface area contributed by atoms with Gasteiger partial charge >= 0.3 is 0 Å². The van der Waals surface area contributed by atoms with Gasteiger partial charge in [0.05, 0.1) is 11.3 Å². The molecule has 1 N–H and O–H groups in total. The van der Waals surface area contributed by atoms with Gasteiger partial charge < -0.3 is 14.8 Å². The fourth-order valence-electron chi connectivity index (χ4n) is 3.26. The molecule has 0 saturated heterocycles. The van der Waals surface area contributed by atoms with Crippen LogP contribution in [0.5, 0.6) is 11.5 Å². The summed E-state index contributed by atoms with van der Waals surface area (Å²) in [6, 6.07) is 24.7. The second kappa shape index (κ2) is 8.76. The Morgan fingerprint density at radius 3 is 2.47 bits per heavy atom. The molecule has 5 heteroatoms. The minimum atomic E-state index is 0.557. The fraction of sp³-hybridized carbons (Fsp3) is 0.240. The molecule has 0 bridgehead atoms. The fourth-order valence-corrected chi connectivity index (χ4v) is 4.00. The molecule has 0 spiro atoms. The van der Waals surface area contributed by atoms with E-state index in [1.54, 1.807) is 0 Å². The summed E-state index contributed by atoms with van der Waals surface area (Å²) in [6.07, 6.45) is 2.62. The number of benzene rings is 3. The monoisotopic (exact) mass is 416 g/mol. The number of aromatic nitrogens is 1. The van der Waals surface area contributed by atoms with Crippen molar-refractivity contribution in [1.82, 2.24) is 4.37 Å². The molecule has 3 aromatic carbocycles. The van der Waals surface area contributed by atoms with Crippen LogP contribution in [0, 0.1) is 5.92 Å². The van der Waals surface area contributed by atoms with Crippen LogP contribution in [0.25, 0.3) is 10.1 Å². The Balaban J connectivity index is 1.21. The Morgan fingerprint density at radius 2 is 1.67 bits per heavy atom. The lowest BCUT2D eigenvalue weighted by molar-refractivity contribution is 0.299. The van der Waals surface area contributed by atoms with E-state index in [1.165, 1.54) is 29.9 Å². The van der Waals surface area contributed by atoms with Gasteiger partial charge in [-0.15, -0.1) is 0 Å². The Morgan fingerprint density at radius 1 is 0.867 bits per heavy atom. The van der Waals surface area contributed by atoms with Gasteiger partial charge in [0.25, 0.3) is 0 Å². The maximum Gasteiger partial charge on any atom is 0.147 e. The molecule has 0 atom stereocenters. The van der Waals surface area contributed by atoms with E-state index in [-0.39, 0.29) is 0 Å². The van der Waals surface area contributed by atoms with Gasteiger partial charge in [-0.1, -0.05) is 42.5 Å². The first-order chi connectivity index (χ1) is 14.8. The predicted octanol–water partition coefficient (Wildman–Crippen LogP) is 6.28. The highest BCUT2D eigenvalue weighted by molar-refractivity contribution is 7.13. The highest BCUT2D eigenvalue weighted by atomic mass is 32.1. The van der Waals surface area contributed by atoms with E-state index in [0.29, 0.717) is 6.61 Å². The Hall–Kier alpha value is -3.05. The van der Waals surface area contributed by atoms with Crippen molar-refractivity contribution < 1.29 is 9.47 Å². The molecule has 1 heterocycles. The molecule has 1 aliphatic rings. The number of anilines is 1. The Labute approximate surface area is 180 Å². The van der Waals surface area contributed by atoms with E-state index in [1.807, 2.05) is 36.4 Å². The molecular weight excluding hydrogens is 392 g/mol. The van der Waals surface area contributed by atoms with Crippen molar-refractivity contribution in [1.29, 1.82) is 0 Å². The van der Waals surface area contributed by atoms with Gasteiger partial charge in [-0.2, -0.15) is 4.37 Å². The molecule has 0 unspecified atom stereocenters. The lowest BCUT2D eigenvalue weighted by Gasteiger charge is -2.08. The van der Waals surface area contributed by atoms with Crippen LogP contribution >= 0.6 is 11.5 Å². The van der Waals surface area contributed by atoms with Crippen molar-refractivity contribution in [3.8, 4) is 11.5 Å². The SMILES string of the molecule is c1ccc(COc2ccc3snc(NCc4ccc(OCC5CC5)cc4)c3c2)cc1. The average Bonchev–Trinajstić information content (AvgIpc) is 3.55. The van der Waals surface area contributed by atoms with Crippen molar-refractivity contribution in [2.75, 3.05) is 11.9 Å². The maximum atomic E-state index is 5.98. The normalized spacial score (nSPS) is 13.3. The van der Waals surface area contributed by atoms with E-state index in [9.17, 15) is 0 Å². The zero-order valence-corrected chi connectivity index (χ0v) is 17.5. The van der Waals surface area contributed by atoms with Gasteiger partial charge in [0.15, 0.2) is 0 Å². The maximum absolute atomic E-state index is 5.98. The lowest BCUT2D eigenvalue weighted by Crippen LogP contribution is -2.01. The smallest absolute Gasteiger partial charge is 0.147 e. The van der Waals surface area contributed by atoms with Crippen LogP contribution in [-0.4, -0.2) is 11.0 Å². The standard InChI is InChI=1S/C25H24N2O2S/c1-2-4-19(5-3-1)16-29-22-12-13-24-23(14-22)25(27-30-24)26-15-18-8-10-21(11-9-18)28-17-20-6-7-20/h1-5,8-14,20H,6-7,15-17H2,(H,26,27). The van der Waals surface area contributed by atoms with Crippen LogP contribution in [-0.2, 0) is 13.2 Å². The van der Waals surface area contributed by atoms with Crippen LogP contribution in [0.4, 0.5) is 5.82 Å². The second-order valence-electron chi connectivity index (χ2n) is 7.72. The third kappa shape index (κ3) is 4.74. The largest absolute Gasteiger partial charge is 0.493 e. The van der Waals surface area contributed by atoms with Crippen molar-refractivity contribution in [2.45, 2.75) is 26.0 Å². The summed E-state index contributed by atoms with van der Waals surface area (Å²) in [5.74, 6) is 3.47. The molecule has 1 fully saturated rings. The van der Waals surface area contributed by atoms with Crippen molar-refractivity contribution in [3.05, 3.63) is 83.9 Å².